The molecule has 2 N–H and O–H groups in total. The first kappa shape index (κ1) is 17.3. The first-order valence-corrected chi connectivity index (χ1v) is 7.85. The zero-order valence-electron chi connectivity index (χ0n) is 12.2. The molecule has 23 heavy (non-hydrogen) atoms. The molecule has 2 aromatic rings. The van der Waals surface area contributed by atoms with Crippen molar-refractivity contribution in [1.29, 1.82) is 0 Å². The molecule has 0 saturated carbocycles. The van der Waals surface area contributed by atoms with E-state index in [0.29, 0.717) is 16.3 Å². The molecular formula is C16H14BrClN2O3. The standard InChI is InChI=1S/C16H14BrClN2O3/c1-10(22-14-8-4-12(17)5-9-14)16(21)23-20-15(19)11-2-6-13(18)7-3-11/h2-10H,1H3,(H2,19,20)/t10-/m0/s1. The lowest BCUT2D eigenvalue weighted by Crippen LogP contribution is -2.26. The Balaban J connectivity index is 1.93. The Morgan fingerprint density at radius 2 is 1.78 bits per heavy atom. The van der Waals surface area contributed by atoms with E-state index in [2.05, 4.69) is 21.1 Å². The predicted octanol–water partition coefficient (Wildman–Crippen LogP) is 3.73. The zero-order chi connectivity index (χ0) is 16.8. The highest BCUT2D eigenvalue weighted by Crippen LogP contribution is 2.17. The summed E-state index contributed by atoms with van der Waals surface area (Å²) >= 11 is 9.11. The number of rotatable bonds is 5. The zero-order valence-corrected chi connectivity index (χ0v) is 14.5. The van der Waals surface area contributed by atoms with Crippen LogP contribution in [-0.4, -0.2) is 17.9 Å². The van der Waals surface area contributed by atoms with E-state index in [1.165, 1.54) is 0 Å². The molecule has 0 aromatic heterocycles. The summed E-state index contributed by atoms with van der Waals surface area (Å²) in [4.78, 5) is 16.7. The number of nitrogens with two attached hydrogens (primary N) is 1. The lowest BCUT2D eigenvalue weighted by atomic mass is 10.2. The summed E-state index contributed by atoms with van der Waals surface area (Å²) in [6.07, 6.45) is -0.821. The second kappa shape index (κ2) is 7.99. The molecule has 0 spiro atoms. The van der Waals surface area contributed by atoms with Crippen molar-refractivity contribution < 1.29 is 14.4 Å². The molecule has 0 amide bonds. The van der Waals surface area contributed by atoms with Gasteiger partial charge in [-0.25, -0.2) is 4.79 Å². The van der Waals surface area contributed by atoms with Gasteiger partial charge in [0.15, 0.2) is 11.9 Å². The fourth-order valence-electron chi connectivity index (χ4n) is 1.61. The highest BCUT2D eigenvalue weighted by atomic mass is 79.9. The molecule has 1 atom stereocenters. The van der Waals surface area contributed by atoms with E-state index in [1.54, 1.807) is 43.3 Å². The third kappa shape index (κ3) is 5.26. The van der Waals surface area contributed by atoms with Crippen LogP contribution in [0.1, 0.15) is 12.5 Å². The van der Waals surface area contributed by atoms with Crippen LogP contribution in [0.4, 0.5) is 0 Å². The third-order valence-electron chi connectivity index (χ3n) is 2.83. The number of amidine groups is 1. The highest BCUT2D eigenvalue weighted by molar-refractivity contribution is 9.10. The van der Waals surface area contributed by atoms with Crippen LogP contribution in [0.25, 0.3) is 0 Å². The first-order chi connectivity index (χ1) is 11.0. The second-order valence-corrected chi connectivity index (χ2v) is 5.96. The van der Waals surface area contributed by atoms with Gasteiger partial charge in [0, 0.05) is 15.1 Å². The van der Waals surface area contributed by atoms with E-state index in [9.17, 15) is 4.79 Å². The van der Waals surface area contributed by atoms with Crippen LogP contribution in [0.15, 0.2) is 58.2 Å². The van der Waals surface area contributed by atoms with Crippen LogP contribution in [0.5, 0.6) is 5.75 Å². The Kier molecular flexibility index (Phi) is 6.01. The summed E-state index contributed by atoms with van der Waals surface area (Å²) < 4.78 is 6.38. The van der Waals surface area contributed by atoms with Crippen molar-refractivity contribution in [1.82, 2.24) is 0 Å². The Bertz CT molecular complexity index is 702. The predicted molar refractivity (Wildman–Crippen MR) is 92.5 cm³/mol. The van der Waals surface area contributed by atoms with Gasteiger partial charge in [-0.15, -0.1) is 0 Å². The number of carbonyl (C=O) groups excluding carboxylic acids is 1. The van der Waals surface area contributed by atoms with Crippen LogP contribution in [0.3, 0.4) is 0 Å². The maximum absolute atomic E-state index is 11.9. The van der Waals surface area contributed by atoms with Gasteiger partial charge in [0.05, 0.1) is 0 Å². The summed E-state index contributed by atoms with van der Waals surface area (Å²) in [7, 11) is 0. The molecule has 0 heterocycles. The van der Waals surface area contributed by atoms with E-state index >= 15 is 0 Å². The molecule has 0 bridgehead atoms. The largest absolute Gasteiger partial charge is 0.479 e. The average molecular weight is 398 g/mol. The molecule has 0 aliphatic rings. The summed E-state index contributed by atoms with van der Waals surface area (Å²) in [5.41, 5.74) is 6.35. The number of halogens is 2. The maximum Gasteiger partial charge on any atom is 0.374 e. The minimum Gasteiger partial charge on any atom is -0.479 e. The van der Waals surface area contributed by atoms with Crippen LogP contribution < -0.4 is 10.5 Å². The van der Waals surface area contributed by atoms with Gasteiger partial charge in [-0.05, 0) is 55.5 Å². The number of hydrogen-bond donors (Lipinski definition) is 1. The Morgan fingerprint density at radius 3 is 2.39 bits per heavy atom. The molecule has 0 aliphatic carbocycles. The van der Waals surface area contributed by atoms with E-state index in [1.807, 2.05) is 12.1 Å². The van der Waals surface area contributed by atoms with Crippen LogP contribution >= 0.6 is 27.5 Å². The monoisotopic (exact) mass is 396 g/mol. The fraction of sp³-hybridized carbons (Fsp3) is 0.125. The van der Waals surface area contributed by atoms with Crippen molar-refractivity contribution in [2.24, 2.45) is 10.9 Å². The van der Waals surface area contributed by atoms with Crippen molar-refractivity contribution in [3.8, 4) is 5.75 Å². The number of hydrogen-bond acceptors (Lipinski definition) is 4. The molecule has 0 fully saturated rings. The molecule has 7 heteroatoms. The van der Waals surface area contributed by atoms with Crippen LogP contribution in [0, 0.1) is 0 Å². The van der Waals surface area contributed by atoms with Gasteiger partial charge in [0.25, 0.3) is 0 Å². The molecule has 0 radical (unpaired) electrons. The van der Waals surface area contributed by atoms with E-state index in [0.717, 1.165) is 4.47 Å². The third-order valence-corrected chi connectivity index (χ3v) is 3.61. The van der Waals surface area contributed by atoms with Gasteiger partial charge in [-0.1, -0.05) is 32.7 Å². The lowest BCUT2D eigenvalue weighted by molar-refractivity contribution is -0.151. The Morgan fingerprint density at radius 1 is 1.17 bits per heavy atom. The van der Waals surface area contributed by atoms with Crippen molar-refractivity contribution in [2.75, 3.05) is 0 Å². The summed E-state index contributed by atoms with van der Waals surface area (Å²) in [5, 5.41) is 4.19. The maximum atomic E-state index is 11.9. The molecule has 0 saturated heterocycles. The normalized spacial score (nSPS) is 12.6. The number of nitrogens with zero attached hydrogens (tertiary/aromatic N) is 1. The van der Waals surface area contributed by atoms with Gasteiger partial charge < -0.3 is 15.3 Å². The number of carbonyl (C=O) groups is 1. The molecule has 0 aliphatic heterocycles. The van der Waals surface area contributed by atoms with Gasteiger partial charge in [-0.3, -0.25) is 0 Å². The van der Waals surface area contributed by atoms with Crippen molar-refractivity contribution in [3.63, 3.8) is 0 Å². The second-order valence-electron chi connectivity index (χ2n) is 4.61. The molecule has 2 aromatic carbocycles. The topological polar surface area (TPSA) is 73.9 Å². The van der Waals surface area contributed by atoms with Gasteiger partial charge in [-0.2, -0.15) is 0 Å². The van der Waals surface area contributed by atoms with E-state index in [-0.39, 0.29) is 5.84 Å². The molecule has 0 unspecified atom stereocenters. The van der Waals surface area contributed by atoms with Crippen molar-refractivity contribution in [3.05, 3.63) is 63.6 Å². The Labute approximate surface area is 147 Å². The summed E-state index contributed by atoms with van der Waals surface area (Å²) in [6, 6.07) is 13.8. The average Bonchev–Trinajstić information content (AvgIpc) is 2.55. The Hall–Kier alpha value is -2.05. The fourth-order valence-corrected chi connectivity index (χ4v) is 2.00. The number of ether oxygens (including phenoxy) is 1. The highest BCUT2D eigenvalue weighted by Gasteiger charge is 2.17. The van der Waals surface area contributed by atoms with Crippen molar-refractivity contribution in [2.45, 2.75) is 13.0 Å². The molecule has 120 valence electrons. The quantitative estimate of drug-likeness (QED) is 0.361. The number of benzene rings is 2. The number of oxime groups is 1. The summed E-state index contributed by atoms with van der Waals surface area (Å²) in [6.45, 7) is 1.57. The lowest BCUT2D eigenvalue weighted by Gasteiger charge is -2.11. The minimum absolute atomic E-state index is 0.0749. The van der Waals surface area contributed by atoms with Gasteiger partial charge in [0.2, 0.25) is 0 Å². The molecule has 5 nitrogen and oxygen atoms in total. The molecule has 2 rings (SSSR count). The summed E-state index contributed by atoms with van der Waals surface area (Å²) in [5.74, 6) is -0.0250. The van der Waals surface area contributed by atoms with E-state index in [4.69, 9.17) is 26.9 Å². The minimum atomic E-state index is -0.821. The van der Waals surface area contributed by atoms with Crippen LogP contribution in [-0.2, 0) is 9.63 Å². The first-order valence-electron chi connectivity index (χ1n) is 6.68. The smallest absolute Gasteiger partial charge is 0.374 e. The van der Waals surface area contributed by atoms with Gasteiger partial charge >= 0.3 is 5.97 Å². The van der Waals surface area contributed by atoms with Gasteiger partial charge in [0.1, 0.15) is 5.75 Å². The SMILES string of the molecule is C[C@H](Oc1ccc(Br)cc1)C(=O)O/N=C(/N)c1ccc(Cl)cc1. The van der Waals surface area contributed by atoms with E-state index < -0.39 is 12.1 Å². The van der Waals surface area contributed by atoms with Crippen molar-refractivity contribution >= 4 is 39.3 Å². The molecular weight excluding hydrogens is 384 g/mol. The van der Waals surface area contributed by atoms with Crippen LogP contribution in [0.2, 0.25) is 5.02 Å².